The first-order chi connectivity index (χ1) is 6.68. The highest BCUT2D eigenvalue weighted by atomic mass is 28.4. The fourth-order valence-corrected chi connectivity index (χ4v) is 3.24. The molecule has 0 saturated carbocycles. The van der Waals surface area contributed by atoms with Gasteiger partial charge in [0.05, 0.1) is 0 Å². The van der Waals surface area contributed by atoms with Crippen LogP contribution >= 0.6 is 0 Å². The molecular weight excluding hydrogens is 198 g/mol. The second-order valence-corrected chi connectivity index (χ2v) is 6.00. The van der Waals surface area contributed by atoms with E-state index in [9.17, 15) is 0 Å². The minimum atomic E-state index is -2.60. The second kappa shape index (κ2) is 4.74. The van der Waals surface area contributed by atoms with Crippen LogP contribution in [0.1, 0.15) is 0 Å². The molecule has 5 heteroatoms. The summed E-state index contributed by atoms with van der Waals surface area (Å²) in [5.41, 5.74) is 0. The van der Waals surface area contributed by atoms with Crippen LogP contribution in [-0.2, 0) is 13.3 Å². The van der Waals surface area contributed by atoms with Crippen LogP contribution in [0.5, 0.6) is 0 Å². The molecule has 0 saturated heterocycles. The normalized spacial score (nSPS) is 17.1. The Morgan fingerprint density at radius 1 is 1.21 bits per heavy atom. The van der Waals surface area contributed by atoms with Gasteiger partial charge in [0.25, 0.3) is 0 Å². The van der Waals surface area contributed by atoms with E-state index in [1.165, 1.54) is 0 Å². The lowest BCUT2D eigenvalue weighted by Gasteiger charge is -2.28. The maximum absolute atomic E-state index is 5.37. The molecule has 0 N–H and O–H groups in total. The van der Waals surface area contributed by atoms with E-state index < -0.39 is 8.80 Å². The maximum atomic E-state index is 5.37. The molecule has 0 aromatic carbocycles. The monoisotopic (exact) mass is 215 g/mol. The Morgan fingerprint density at radius 2 is 1.79 bits per heavy atom. The van der Waals surface area contributed by atoms with Crippen molar-refractivity contribution in [1.82, 2.24) is 4.90 Å². The first-order valence-corrected chi connectivity index (χ1v) is 6.15. The van der Waals surface area contributed by atoms with Gasteiger partial charge in [-0.2, -0.15) is 0 Å². The molecule has 0 spiro atoms. The smallest absolute Gasteiger partial charge is 0.377 e. The molecule has 1 rings (SSSR count). The van der Waals surface area contributed by atoms with Gasteiger partial charge in [-0.15, -0.1) is 0 Å². The Hall–Kier alpha value is -0.623. The van der Waals surface area contributed by atoms with E-state index in [0.29, 0.717) is 0 Å². The lowest BCUT2D eigenvalue weighted by Crippen LogP contribution is -2.45. The van der Waals surface area contributed by atoms with Crippen LogP contribution in [0.25, 0.3) is 0 Å². The van der Waals surface area contributed by atoms with Gasteiger partial charge in [0.2, 0.25) is 0 Å². The van der Waals surface area contributed by atoms with E-state index in [-0.39, 0.29) is 0 Å². The van der Waals surface area contributed by atoms with Crippen molar-refractivity contribution in [2.24, 2.45) is 0 Å². The summed E-state index contributed by atoms with van der Waals surface area (Å²) in [6.45, 7) is 0.858. The zero-order valence-electron chi connectivity index (χ0n) is 9.11. The van der Waals surface area contributed by atoms with Crippen molar-refractivity contribution in [2.75, 3.05) is 34.9 Å². The average molecular weight is 215 g/mol. The van der Waals surface area contributed by atoms with Gasteiger partial charge in [-0.1, -0.05) is 6.08 Å². The number of allylic oxidation sites excluding steroid dienone is 2. The zero-order chi connectivity index (χ0) is 10.6. The number of hydrogen-bond acceptors (Lipinski definition) is 4. The summed E-state index contributed by atoms with van der Waals surface area (Å²) in [6.07, 6.45) is 6.04. The third-order valence-electron chi connectivity index (χ3n) is 2.27. The van der Waals surface area contributed by atoms with Gasteiger partial charge in [-0.25, -0.2) is 0 Å². The third-order valence-corrected chi connectivity index (χ3v) is 4.96. The van der Waals surface area contributed by atoms with Crippen molar-refractivity contribution in [1.29, 1.82) is 0 Å². The quantitative estimate of drug-likeness (QED) is 0.649. The predicted molar refractivity (Wildman–Crippen MR) is 56.6 cm³/mol. The van der Waals surface area contributed by atoms with Crippen LogP contribution in [0, 0.1) is 0 Å². The fourth-order valence-electron chi connectivity index (χ4n) is 1.41. The molecule has 0 aromatic rings. The maximum Gasteiger partial charge on any atom is 0.536 e. The van der Waals surface area contributed by atoms with Crippen molar-refractivity contribution in [3.8, 4) is 0 Å². The summed E-state index contributed by atoms with van der Waals surface area (Å²) in [7, 11) is 4.27. The molecule has 1 heterocycles. The number of hydrogen-bond donors (Lipinski definition) is 0. The molecule has 1 aliphatic heterocycles. The first-order valence-electron chi connectivity index (χ1n) is 4.43. The summed E-state index contributed by atoms with van der Waals surface area (Å²) in [4.78, 5) is 2.07. The Bertz CT molecular complexity index is 240. The van der Waals surface area contributed by atoms with Gasteiger partial charge < -0.3 is 18.2 Å². The van der Waals surface area contributed by atoms with Gasteiger partial charge in [-0.05, 0) is 12.3 Å². The van der Waals surface area contributed by atoms with Crippen LogP contribution < -0.4 is 0 Å². The van der Waals surface area contributed by atoms with Gasteiger partial charge in [-0.3, -0.25) is 0 Å². The largest absolute Gasteiger partial charge is 0.536 e. The average Bonchev–Trinajstić information content (AvgIpc) is 2.24. The standard InChI is InChI=1S/C9H17NO3Si/c1-10-7-5-9(6-8-10)14(11-2,12-3)13-4/h5-7H,8H2,1-4H3. The van der Waals surface area contributed by atoms with E-state index >= 15 is 0 Å². The van der Waals surface area contributed by atoms with Crippen molar-refractivity contribution < 1.29 is 13.3 Å². The molecule has 4 nitrogen and oxygen atoms in total. The molecule has 0 atom stereocenters. The molecule has 0 fully saturated rings. The molecule has 0 bridgehead atoms. The van der Waals surface area contributed by atoms with Crippen molar-refractivity contribution >= 4 is 8.80 Å². The third kappa shape index (κ3) is 2.06. The van der Waals surface area contributed by atoms with Crippen LogP contribution in [0.3, 0.4) is 0 Å². The van der Waals surface area contributed by atoms with E-state index in [2.05, 4.69) is 11.0 Å². The Labute approximate surface area is 86.1 Å². The summed E-state index contributed by atoms with van der Waals surface area (Å²) < 4.78 is 16.1. The van der Waals surface area contributed by atoms with Crippen LogP contribution in [0.2, 0.25) is 0 Å². The summed E-state index contributed by atoms with van der Waals surface area (Å²) in [5.74, 6) is 0. The Balaban J connectivity index is 2.85. The van der Waals surface area contributed by atoms with Gasteiger partial charge in [0.1, 0.15) is 0 Å². The summed E-state index contributed by atoms with van der Waals surface area (Å²) in [6, 6.07) is 0. The zero-order valence-corrected chi connectivity index (χ0v) is 10.1. The highest BCUT2D eigenvalue weighted by molar-refractivity contribution is 6.69. The first kappa shape index (κ1) is 11.5. The molecule has 1 aliphatic rings. The van der Waals surface area contributed by atoms with E-state index in [0.717, 1.165) is 11.7 Å². The Morgan fingerprint density at radius 3 is 2.14 bits per heavy atom. The molecule has 0 aliphatic carbocycles. The van der Waals surface area contributed by atoms with E-state index in [1.54, 1.807) is 21.3 Å². The lowest BCUT2D eigenvalue weighted by atomic mass is 10.4. The second-order valence-electron chi connectivity index (χ2n) is 3.08. The molecular formula is C9H17NO3Si. The van der Waals surface area contributed by atoms with Crippen molar-refractivity contribution in [3.63, 3.8) is 0 Å². The Kier molecular flexibility index (Phi) is 3.88. The molecule has 0 amide bonds. The van der Waals surface area contributed by atoms with Gasteiger partial charge in [0.15, 0.2) is 0 Å². The highest BCUT2D eigenvalue weighted by Crippen LogP contribution is 2.21. The molecule has 14 heavy (non-hydrogen) atoms. The fraction of sp³-hybridized carbons (Fsp3) is 0.556. The van der Waals surface area contributed by atoms with Gasteiger partial charge >= 0.3 is 8.80 Å². The van der Waals surface area contributed by atoms with Crippen LogP contribution in [0.4, 0.5) is 0 Å². The molecule has 0 radical (unpaired) electrons. The number of nitrogens with zero attached hydrogens (tertiary/aromatic N) is 1. The van der Waals surface area contributed by atoms with Crippen molar-refractivity contribution in [2.45, 2.75) is 0 Å². The predicted octanol–water partition coefficient (Wildman–Crippen LogP) is 0.789. The van der Waals surface area contributed by atoms with Gasteiger partial charge in [0, 0.05) is 40.1 Å². The van der Waals surface area contributed by atoms with Crippen LogP contribution in [0.15, 0.2) is 23.5 Å². The minimum absolute atomic E-state index is 0.858. The topological polar surface area (TPSA) is 30.9 Å². The molecule has 0 unspecified atom stereocenters. The number of likely N-dealkylation sites (N-methyl/N-ethyl adjacent to an activating group) is 1. The minimum Gasteiger partial charge on any atom is -0.377 e. The lowest BCUT2D eigenvalue weighted by molar-refractivity contribution is 0.135. The van der Waals surface area contributed by atoms with E-state index in [1.807, 2.05) is 19.3 Å². The summed E-state index contributed by atoms with van der Waals surface area (Å²) in [5, 5.41) is 1.02. The van der Waals surface area contributed by atoms with Crippen molar-refractivity contribution in [3.05, 3.63) is 23.5 Å². The highest BCUT2D eigenvalue weighted by Gasteiger charge is 2.42. The SMILES string of the molecule is CO[Si](OC)(OC)C1=CCN(C)C=C1. The van der Waals surface area contributed by atoms with Crippen LogP contribution in [-0.4, -0.2) is 48.6 Å². The summed E-state index contributed by atoms with van der Waals surface area (Å²) >= 11 is 0. The van der Waals surface area contributed by atoms with E-state index in [4.69, 9.17) is 13.3 Å². The molecule has 0 aromatic heterocycles. The molecule has 80 valence electrons. The number of rotatable bonds is 4.